The lowest BCUT2D eigenvalue weighted by Crippen LogP contribution is -2.31. The van der Waals surface area contributed by atoms with Gasteiger partial charge in [-0.25, -0.2) is 0 Å². The number of ether oxygens (including phenoxy) is 2. The Hall–Kier alpha value is -3.39. The Balaban J connectivity index is 1.59. The molecule has 0 aliphatic heterocycles. The maximum absolute atomic E-state index is 12.6. The van der Waals surface area contributed by atoms with Gasteiger partial charge in [-0.2, -0.15) is 0 Å². The average Bonchev–Trinajstić information content (AvgIpc) is 3.33. The van der Waals surface area contributed by atoms with Gasteiger partial charge in [-0.15, -0.1) is 11.3 Å². The summed E-state index contributed by atoms with van der Waals surface area (Å²) in [5.41, 5.74) is 3.03. The summed E-state index contributed by atoms with van der Waals surface area (Å²) in [5.74, 6) is -0.569. The molecule has 7 nitrogen and oxygen atoms in total. The van der Waals surface area contributed by atoms with Crippen LogP contribution in [0.4, 0.5) is 0 Å². The highest BCUT2D eigenvalue weighted by atomic mass is 32.1. The van der Waals surface area contributed by atoms with Crippen molar-refractivity contribution < 1.29 is 23.9 Å². The number of esters is 1. The van der Waals surface area contributed by atoms with Crippen LogP contribution >= 0.6 is 11.3 Å². The van der Waals surface area contributed by atoms with E-state index in [0.717, 1.165) is 27.7 Å². The average molecular weight is 441 g/mol. The van der Waals surface area contributed by atoms with E-state index in [1.54, 1.807) is 19.2 Å². The van der Waals surface area contributed by atoms with Crippen molar-refractivity contribution in [2.75, 3.05) is 20.3 Å². The third-order valence-corrected chi connectivity index (χ3v) is 5.78. The number of amides is 1. The lowest BCUT2D eigenvalue weighted by molar-refractivity contribution is -0.141. The number of Topliss-reactive ketones (excluding diaryl/α,β-unsaturated/α-hetero) is 1. The number of aryl methyl sites for hydroxylation is 2. The second-order valence-electron chi connectivity index (χ2n) is 7.00. The van der Waals surface area contributed by atoms with E-state index in [-0.39, 0.29) is 24.8 Å². The summed E-state index contributed by atoms with van der Waals surface area (Å²) in [4.78, 5) is 38.1. The molecule has 3 aromatic rings. The fourth-order valence-corrected chi connectivity index (χ4v) is 4.03. The van der Waals surface area contributed by atoms with Crippen LogP contribution in [0, 0.1) is 20.8 Å². The van der Waals surface area contributed by atoms with Crippen molar-refractivity contribution in [2.24, 2.45) is 0 Å². The number of rotatable bonds is 8. The zero-order valence-corrected chi connectivity index (χ0v) is 18.7. The third kappa shape index (κ3) is 5.21. The Morgan fingerprint density at radius 2 is 1.74 bits per heavy atom. The van der Waals surface area contributed by atoms with Crippen LogP contribution < -0.4 is 10.1 Å². The van der Waals surface area contributed by atoms with Gasteiger partial charge < -0.3 is 19.4 Å². The summed E-state index contributed by atoms with van der Waals surface area (Å²) >= 11 is 1.34. The summed E-state index contributed by atoms with van der Waals surface area (Å²) < 4.78 is 12.2. The zero-order valence-electron chi connectivity index (χ0n) is 17.9. The highest BCUT2D eigenvalue weighted by molar-refractivity contribution is 7.13. The lowest BCUT2D eigenvalue weighted by Gasteiger charge is -2.11. The van der Waals surface area contributed by atoms with Crippen LogP contribution in [0.25, 0.3) is 5.69 Å². The number of aromatic nitrogens is 1. The predicted octanol–water partition coefficient (Wildman–Crippen LogP) is 3.63. The molecular formula is C23H24N2O5S. The van der Waals surface area contributed by atoms with Crippen molar-refractivity contribution in [3.63, 3.8) is 0 Å². The highest BCUT2D eigenvalue weighted by Crippen LogP contribution is 2.23. The first-order chi connectivity index (χ1) is 14.8. The number of carbonyl (C=O) groups excluding carboxylic acids is 3. The van der Waals surface area contributed by atoms with Gasteiger partial charge in [0.05, 0.1) is 12.0 Å². The van der Waals surface area contributed by atoms with Gasteiger partial charge in [0.1, 0.15) is 12.3 Å². The molecule has 0 atom stereocenters. The summed E-state index contributed by atoms with van der Waals surface area (Å²) in [6.45, 7) is 4.96. The fraction of sp³-hybridized carbons (Fsp3) is 0.261. The molecule has 162 valence electrons. The molecule has 0 aliphatic rings. The van der Waals surface area contributed by atoms with Crippen molar-refractivity contribution in [3.8, 4) is 11.4 Å². The van der Waals surface area contributed by atoms with Crippen LogP contribution in [0.2, 0.25) is 0 Å². The molecule has 0 unspecified atom stereocenters. The molecule has 3 rings (SSSR count). The number of hydrogen-bond donors (Lipinski definition) is 1. The van der Waals surface area contributed by atoms with E-state index < -0.39 is 5.97 Å². The fourth-order valence-electron chi connectivity index (χ4n) is 3.24. The van der Waals surface area contributed by atoms with Gasteiger partial charge in [0.25, 0.3) is 5.91 Å². The molecule has 0 bridgehead atoms. The Kier molecular flexibility index (Phi) is 6.91. The Morgan fingerprint density at radius 3 is 2.35 bits per heavy atom. The largest absolute Gasteiger partial charge is 0.497 e. The van der Waals surface area contributed by atoms with Gasteiger partial charge in [-0.1, -0.05) is 0 Å². The van der Waals surface area contributed by atoms with E-state index in [1.165, 1.54) is 11.3 Å². The summed E-state index contributed by atoms with van der Waals surface area (Å²) in [6.07, 6.45) is 0. The molecule has 31 heavy (non-hydrogen) atoms. The zero-order chi connectivity index (χ0) is 22.5. The molecule has 0 aliphatic carbocycles. The van der Waals surface area contributed by atoms with Crippen LogP contribution in [0.15, 0.2) is 42.5 Å². The number of hydrogen-bond acceptors (Lipinski definition) is 6. The van der Waals surface area contributed by atoms with Gasteiger partial charge in [0, 0.05) is 27.5 Å². The van der Waals surface area contributed by atoms with E-state index >= 15 is 0 Å². The molecule has 0 saturated carbocycles. The van der Waals surface area contributed by atoms with E-state index in [9.17, 15) is 14.4 Å². The minimum atomic E-state index is -0.668. The third-order valence-electron chi connectivity index (χ3n) is 4.78. The minimum absolute atomic E-state index is 0.298. The normalized spacial score (nSPS) is 10.6. The van der Waals surface area contributed by atoms with Crippen LogP contribution in [-0.2, 0) is 9.53 Å². The first-order valence-corrected chi connectivity index (χ1v) is 10.5. The quantitative estimate of drug-likeness (QED) is 0.427. The first kappa shape index (κ1) is 22.3. The molecule has 8 heteroatoms. The second-order valence-corrected chi connectivity index (χ2v) is 8.28. The van der Waals surface area contributed by atoms with E-state index in [4.69, 9.17) is 9.47 Å². The van der Waals surface area contributed by atoms with Crippen LogP contribution in [0.5, 0.6) is 5.75 Å². The van der Waals surface area contributed by atoms with Crippen molar-refractivity contribution in [2.45, 2.75) is 20.8 Å². The van der Waals surface area contributed by atoms with Crippen molar-refractivity contribution in [1.82, 2.24) is 9.88 Å². The molecule has 0 saturated heterocycles. The smallest absolute Gasteiger partial charge is 0.325 e. The Labute approximate surface area is 184 Å². The van der Waals surface area contributed by atoms with Gasteiger partial charge >= 0.3 is 5.97 Å². The minimum Gasteiger partial charge on any atom is -0.497 e. The molecule has 2 heterocycles. The van der Waals surface area contributed by atoms with Gasteiger partial charge in [0.15, 0.2) is 6.61 Å². The van der Waals surface area contributed by atoms with Crippen molar-refractivity contribution in [1.29, 1.82) is 0 Å². The first-order valence-electron chi connectivity index (χ1n) is 9.67. The van der Waals surface area contributed by atoms with Gasteiger partial charge in [-0.05, 0) is 63.2 Å². The van der Waals surface area contributed by atoms with Crippen molar-refractivity contribution in [3.05, 3.63) is 69.2 Å². The molecule has 0 radical (unpaired) electrons. The summed E-state index contributed by atoms with van der Waals surface area (Å²) in [7, 11) is 1.60. The molecule has 0 spiro atoms. The number of ketones is 1. The van der Waals surface area contributed by atoms with Crippen molar-refractivity contribution >= 4 is 29.0 Å². The maximum Gasteiger partial charge on any atom is 0.325 e. The SMILES string of the molecule is COc1ccc(-n2c(C)cc(C(=O)COC(=O)CNC(=O)c3ccc(C)s3)c2C)cc1. The number of thiophene rings is 1. The van der Waals surface area contributed by atoms with Gasteiger partial charge in [-0.3, -0.25) is 14.4 Å². The van der Waals surface area contributed by atoms with Crippen LogP contribution in [0.1, 0.15) is 36.3 Å². The monoisotopic (exact) mass is 440 g/mol. The number of methoxy groups -OCH3 is 1. The molecule has 1 amide bonds. The summed E-state index contributed by atoms with van der Waals surface area (Å²) in [5, 5.41) is 2.50. The molecule has 1 N–H and O–H groups in total. The molecule has 1 aromatic carbocycles. The topological polar surface area (TPSA) is 86.6 Å². The van der Waals surface area contributed by atoms with Crippen LogP contribution in [0.3, 0.4) is 0 Å². The maximum atomic E-state index is 12.6. The van der Waals surface area contributed by atoms with Gasteiger partial charge in [0.2, 0.25) is 5.78 Å². The summed E-state index contributed by atoms with van der Waals surface area (Å²) in [6, 6.07) is 12.8. The Morgan fingerprint density at radius 1 is 1.03 bits per heavy atom. The number of carbonyl (C=O) groups is 3. The Bertz CT molecular complexity index is 1110. The van der Waals surface area contributed by atoms with Crippen LogP contribution in [-0.4, -0.2) is 42.5 Å². The van der Waals surface area contributed by atoms with E-state index in [0.29, 0.717) is 10.4 Å². The number of nitrogens with zero attached hydrogens (tertiary/aromatic N) is 1. The number of benzene rings is 1. The lowest BCUT2D eigenvalue weighted by atomic mass is 10.1. The van der Waals surface area contributed by atoms with E-state index in [2.05, 4.69) is 5.32 Å². The standard InChI is InChI=1S/C23H24N2O5S/c1-14-11-19(16(3)25(14)17-6-8-18(29-4)9-7-17)20(26)13-30-22(27)12-24-23(28)21-10-5-15(2)31-21/h5-11H,12-13H2,1-4H3,(H,24,28). The molecular weight excluding hydrogens is 416 g/mol. The molecule has 0 fully saturated rings. The number of nitrogens with one attached hydrogen (secondary N) is 1. The van der Waals surface area contributed by atoms with E-state index in [1.807, 2.05) is 55.7 Å². The second kappa shape index (κ2) is 9.61. The molecule has 2 aromatic heterocycles. The highest BCUT2D eigenvalue weighted by Gasteiger charge is 2.19. The predicted molar refractivity (Wildman–Crippen MR) is 118 cm³/mol.